The Bertz CT molecular complexity index is 1050. The molecule has 1 atom stereocenters. The molecule has 1 unspecified atom stereocenters. The molecule has 0 radical (unpaired) electrons. The van der Waals surface area contributed by atoms with Crippen LogP contribution >= 0.6 is 7.37 Å². The van der Waals surface area contributed by atoms with Crippen LogP contribution in [-0.2, 0) is 25.1 Å². The molecule has 0 fully saturated rings. The van der Waals surface area contributed by atoms with Crippen LogP contribution in [0.15, 0.2) is 36.4 Å². The molecule has 0 aliphatic heterocycles. The maximum Gasteiger partial charge on any atom is 0.300 e. The normalized spacial score (nSPS) is 12.8. The Morgan fingerprint density at radius 3 is 2.25 bits per heavy atom. The van der Waals surface area contributed by atoms with Gasteiger partial charge in [0.15, 0.2) is 0 Å². The Kier molecular flexibility index (Phi) is 9.11. The van der Waals surface area contributed by atoms with Gasteiger partial charge < -0.3 is 9.84 Å². The molecule has 0 bridgehead atoms. The summed E-state index contributed by atoms with van der Waals surface area (Å²) in [6, 6.07) is 10.2. The first-order valence-corrected chi connectivity index (χ1v) is 12.6. The first-order chi connectivity index (χ1) is 15.2. The van der Waals surface area contributed by atoms with Gasteiger partial charge in [-0.1, -0.05) is 37.6 Å². The van der Waals surface area contributed by atoms with Gasteiger partial charge in [0.2, 0.25) is 5.78 Å². The molecule has 172 valence electrons. The SMILES string of the molecule is CCCCNC(=O)C(=O)Cc1c(C)cc(C)c(C(=O)P(=O)(OCC)c2ccccc2)c1C. The summed E-state index contributed by atoms with van der Waals surface area (Å²) < 4.78 is 19.4. The summed E-state index contributed by atoms with van der Waals surface area (Å²) in [4.78, 5) is 38.3. The third-order valence-electron chi connectivity index (χ3n) is 5.43. The van der Waals surface area contributed by atoms with Gasteiger partial charge in [0, 0.05) is 23.8 Å². The Balaban J connectivity index is 2.47. The zero-order valence-corrected chi connectivity index (χ0v) is 20.4. The summed E-state index contributed by atoms with van der Waals surface area (Å²) in [5, 5.41) is 2.97. The Morgan fingerprint density at radius 2 is 1.66 bits per heavy atom. The number of amides is 1. The fourth-order valence-corrected chi connectivity index (χ4v) is 5.82. The zero-order chi connectivity index (χ0) is 23.9. The number of hydrogen-bond acceptors (Lipinski definition) is 5. The minimum absolute atomic E-state index is 0.116. The van der Waals surface area contributed by atoms with Crippen molar-refractivity contribution in [3.05, 3.63) is 64.2 Å². The predicted molar refractivity (Wildman–Crippen MR) is 127 cm³/mol. The van der Waals surface area contributed by atoms with Crippen molar-refractivity contribution in [2.24, 2.45) is 0 Å². The summed E-state index contributed by atoms with van der Waals surface area (Å²) in [5.41, 5.74) is 2.30. The number of unbranched alkanes of at least 4 members (excludes halogenated alkanes) is 1. The maximum atomic E-state index is 13.8. The van der Waals surface area contributed by atoms with E-state index in [0.717, 1.165) is 18.4 Å². The van der Waals surface area contributed by atoms with E-state index in [-0.39, 0.29) is 18.6 Å². The lowest BCUT2D eigenvalue weighted by Crippen LogP contribution is -2.33. The smallest absolute Gasteiger partial charge is 0.300 e. The molecular weight excluding hydrogens is 425 g/mol. The number of benzene rings is 2. The van der Waals surface area contributed by atoms with Gasteiger partial charge in [-0.15, -0.1) is 0 Å². The van der Waals surface area contributed by atoms with E-state index in [9.17, 15) is 18.9 Å². The van der Waals surface area contributed by atoms with Crippen molar-refractivity contribution in [1.82, 2.24) is 5.32 Å². The largest absolute Gasteiger partial charge is 0.349 e. The molecule has 0 saturated heterocycles. The lowest BCUT2D eigenvalue weighted by atomic mass is 9.91. The molecule has 0 spiro atoms. The Labute approximate surface area is 190 Å². The molecule has 1 amide bonds. The van der Waals surface area contributed by atoms with E-state index >= 15 is 0 Å². The number of carbonyl (C=O) groups is 3. The van der Waals surface area contributed by atoms with Crippen molar-refractivity contribution in [2.75, 3.05) is 13.2 Å². The van der Waals surface area contributed by atoms with Crippen molar-refractivity contribution in [3.63, 3.8) is 0 Å². The maximum absolute atomic E-state index is 13.8. The number of hydrogen-bond donors (Lipinski definition) is 1. The average Bonchev–Trinajstić information content (AvgIpc) is 2.77. The van der Waals surface area contributed by atoms with Crippen molar-refractivity contribution in [3.8, 4) is 0 Å². The van der Waals surface area contributed by atoms with Gasteiger partial charge in [0.25, 0.3) is 11.4 Å². The van der Waals surface area contributed by atoms with E-state index in [4.69, 9.17) is 4.52 Å². The molecule has 0 aromatic heterocycles. The summed E-state index contributed by atoms with van der Waals surface area (Å²) in [6.45, 7) is 9.60. The molecule has 0 aliphatic rings. The van der Waals surface area contributed by atoms with Crippen LogP contribution in [0.25, 0.3) is 0 Å². The second-order valence-electron chi connectivity index (χ2n) is 7.81. The quantitative estimate of drug-likeness (QED) is 0.307. The highest BCUT2D eigenvalue weighted by Crippen LogP contribution is 2.50. The standard InChI is InChI=1S/C25H32NO5P/c1-6-8-14-26-24(28)22(27)16-21-17(3)15-18(4)23(19(21)5)25(29)32(30,31-7-2)20-12-10-9-11-13-20/h9-13,15H,6-8,14,16H2,1-5H3,(H,26,28). The van der Waals surface area contributed by atoms with Crippen molar-refractivity contribution in [1.29, 1.82) is 0 Å². The fraction of sp³-hybridized carbons (Fsp3) is 0.400. The summed E-state index contributed by atoms with van der Waals surface area (Å²) in [5.74, 6) is -1.19. The second kappa shape index (κ2) is 11.3. The van der Waals surface area contributed by atoms with Gasteiger partial charge in [-0.05, 0) is 68.5 Å². The highest BCUT2D eigenvalue weighted by atomic mass is 31.2. The number of carbonyl (C=O) groups excluding carboxylic acids is 3. The molecule has 1 N–H and O–H groups in total. The van der Waals surface area contributed by atoms with E-state index < -0.39 is 24.6 Å². The zero-order valence-electron chi connectivity index (χ0n) is 19.5. The third-order valence-corrected chi connectivity index (χ3v) is 7.78. The minimum atomic E-state index is -3.85. The number of aryl methyl sites for hydroxylation is 2. The lowest BCUT2D eigenvalue weighted by Gasteiger charge is -2.21. The van der Waals surface area contributed by atoms with Crippen LogP contribution in [0.1, 0.15) is 59.3 Å². The molecule has 32 heavy (non-hydrogen) atoms. The average molecular weight is 458 g/mol. The van der Waals surface area contributed by atoms with E-state index in [2.05, 4.69) is 5.32 Å². The molecule has 2 aromatic rings. The molecule has 2 aromatic carbocycles. The van der Waals surface area contributed by atoms with Gasteiger partial charge in [-0.3, -0.25) is 18.9 Å². The van der Waals surface area contributed by atoms with E-state index in [1.807, 2.05) is 13.8 Å². The monoisotopic (exact) mass is 457 g/mol. The molecule has 0 heterocycles. The number of rotatable bonds is 11. The van der Waals surface area contributed by atoms with Gasteiger partial charge in [-0.2, -0.15) is 0 Å². The van der Waals surface area contributed by atoms with Crippen LogP contribution in [-0.4, -0.2) is 30.4 Å². The molecular formula is C25H32NO5P. The number of ketones is 1. The summed E-state index contributed by atoms with van der Waals surface area (Å²) >= 11 is 0. The van der Waals surface area contributed by atoms with E-state index in [0.29, 0.717) is 28.5 Å². The molecule has 2 rings (SSSR count). The summed E-state index contributed by atoms with van der Waals surface area (Å²) in [7, 11) is -3.85. The number of Topliss-reactive ketones (excluding diaryl/α,β-unsaturated/α-hetero) is 1. The fourth-order valence-electron chi connectivity index (χ4n) is 3.75. The highest BCUT2D eigenvalue weighted by molar-refractivity contribution is 7.83. The van der Waals surface area contributed by atoms with Crippen LogP contribution in [0.5, 0.6) is 0 Å². The van der Waals surface area contributed by atoms with E-state index in [1.54, 1.807) is 57.2 Å². The van der Waals surface area contributed by atoms with Crippen LogP contribution in [0.3, 0.4) is 0 Å². The highest BCUT2D eigenvalue weighted by Gasteiger charge is 2.38. The van der Waals surface area contributed by atoms with Crippen molar-refractivity contribution >= 4 is 29.9 Å². The molecule has 0 saturated carbocycles. The van der Waals surface area contributed by atoms with E-state index in [1.165, 1.54) is 0 Å². The Hall–Kier alpha value is -2.56. The second-order valence-corrected chi connectivity index (χ2v) is 10.1. The van der Waals surface area contributed by atoms with Crippen LogP contribution in [0.4, 0.5) is 0 Å². The van der Waals surface area contributed by atoms with Crippen molar-refractivity contribution in [2.45, 2.75) is 53.9 Å². The first kappa shape index (κ1) is 25.7. The van der Waals surface area contributed by atoms with Gasteiger partial charge in [0.1, 0.15) is 0 Å². The van der Waals surface area contributed by atoms with Gasteiger partial charge >= 0.3 is 7.37 Å². The van der Waals surface area contributed by atoms with Crippen LogP contribution in [0, 0.1) is 20.8 Å². The summed E-state index contributed by atoms with van der Waals surface area (Å²) in [6.07, 6.45) is 1.59. The third kappa shape index (κ3) is 5.62. The van der Waals surface area contributed by atoms with Gasteiger partial charge in [-0.25, -0.2) is 0 Å². The molecule has 0 aliphatic carbocycles. The van der Waals surface area contributed by atoms with Gasteiger partial charge in [0.05, 0.1) is 6.61 Å². The molecule has 6 nitrogen and oxygen atoms in total. The Morgan fingerprint density at radius 1 is 1.00 bits per heavy atom. The lowest BCUT2D eigenvalue weighted by molar-refractivity contribution is -0.137. The minimum Gasteiger partial charge on any atom is -0.349 e. The topological polar surface area (TPSA) is 89.5 Å². The predicted octanol–water partition coefficient (Wildman–Crippen LogP) is 4.42. The first-order valence-electron chi connectivity index (χ1n) is 10.9. The van der Waals surface area contributed by atoms with Crippen molar-refractivity contribution < 1.29 is 23.5 Å². The molecule has 7 heteroatoms. The number of nitrogens with one attached hydrogen (secondary N) is 1. The van der Waals surface area contributed by atoms with Crippen LogP contribution < -0.4 is 10.6 Å². The van der Waals surface area contributed by atoms with Crippen LogP contribution in [0.2, 0.25) is 0 Å².